The van der Waals surface area contributed by atoms with Gasteiger partial charge in [-0.1, -0.05) is 6.92 Å². The van der Waals surface area contributed by atoms with Gasteiger partial charge in [-0.3, -0.25) is 9.48 Å². The summed E-state index contributed by atoms with van der Waals surface area (Å²) in [5.41, 5.74) is 0.934. The maximum absolute atomic E-state index is 10.9. The van der Waals surface area contributed by atoms with Crippen molar-refractivity contribution in [3.05, 3.63) is 18.0 Å². The zero-order valence-corrected chi connectivity index (χ0v) is 10.1. The summed E-state index contributed by atoms with van der Waals surface area (Å²) in [6, 6.07) is 2.37. The van der Waals surface area contributed by atoms with Crippen molar-refractivity contribution >= 4 is 5.97 Å². The number of aromatic nitrogens is 2. The fraction of sp³-hybridized carbons (Fsp3) is 0.636. The SMILES string of the molecule is CCC(C)n1ccc(CNCC(=O)OC)n1. The molecule has 1 aromatic heterocycles. The van der Waals surface area contributed by atoms with Gasteiger partial charge in [-0.15, -0.1) is 0 Å². The molecule has 0 aromatic carbocycles. The summed E-state index contributed by atoms with van der Waals surface area (Å²) >= 11 is 0. The van der Waals surface area contributed by atoms with Crippen LogP contribution in [0.2, 0.25) is 0 Å². The molecule has 0 bridgehead atoms. The van der Waals surface area contributed by atoms with Crippen LogP contribution in [0.15, 0.2) is 12.3 Å². The highest BCUT2D eigenvalue weighted by molar-refractivity contribution is 5.71. The quantitative estimate of drug-likeness (QED) is 0.737. The number of esters is 1. The third kappa shape index (κ3) is 3.66. The zero-order valence-electron chi connectivity index (χ0n) is 10.1. The van der Waals surface area contributed by atoms with Crippen molar-refractivity contribution in [2.45, 2.75) is 32.9 Å². The predicted octanol–water partition coefficient (Wildman–Crippen LogP) is 1.12. The van der Waals surface area contributed by atoms with E-state index >= 15 is 0 Å². The van der Waals surface area contributed by atoms with Gasteiger partial charge >= 0.3 is 5.97 Å². The molecule has 0 saturated carbocycles. The standard InChI is InChI=1S/C11H19N3O2/c1-4-9(2)14-6-5-10(13-14)7-12-8-11(15)16-3/h5-6,9,12H,4,7-8H2,1-3H3. The van der Waals surface area contributed by atoms with Crippen LogP contribution in [0.25, 0.3) is 0 Å². The first-order valence-corrected chi connectivity index (χ1v) is 5.49. The van der Waals surface area contributed by atoms with Gasteiger partial charge in [-0.05, 0) is 19.4 Å². The van der Waals surface area contributed by atoms with E-state index < -0.39 is 0 Å². The molecule has 0 saturated heterocycles. The average molecular weight is 225 g/mol. The van der Waals surface area contributed by atoms with Crippen molar-refractivity contribution in [1.82, 2.24) is 15.1 Å². The molecule has 5 nitrogen and oxygen atoms in total. The van der Waals surface area contributed by atoms with Crippen molar-refractivity contribution in [2.24, 2.45) is 0 Å². The van der Waals surface area contributed by atoms with Gasteiger partial charge in [0.2, 0.25) is 0 Å². The Morgan fingerprint density at radius 1 is 1.69 bits per heavy atom. The molecule has 0 radical (unpaired) electrons. The molecule has 1 atom stereocenters. The summed E-state index contributed by atoms with van der Waals surface area (Å²) in [5.74, 6) is -0.263. The zero-order chi connectivity index (χ0) is 12.0. The summed E-state index contributed by atoms with van der Waals surface area (Å²) < 4.78 is 6.46. The van der Waals surface area contributed by atoms with Gasteiger partial charge in [0.05, 0.1) is 19.3 Å². The minimum Gasteiger partial charge on any atom is -0.468 e. The lowest BCUT2D eigenvalue weighted by Crippen LogP contribution is -2.23. The Morgan fingerprint density at radius 2 is 2.44 bits per heavy atom. The first-order chi connectivity index (χ1) is 7.67. The number of rotatable bonds is 6. The second-order valence-corrected chi connectivity index (χ2v) is 3.72. The number of hydrogen-bond donors (Lipinski definition) is 1. The van der Waals surface area contributed by atoms with Crippen LogP contribution in [0.3, 0.4) is 0 Å². The van der Waals surface area contributed by atoms with E-state index in [0.717, 1.165) is 12.1 Å². The largest absolute Gasteiger partial charge is 0.468 e. The molecule has 0 fully saturated rings. The van der Waals surface area contributed by atoms with Gasteiger partial charge in [0.15, 0.2) is 0 Å². The van der Waals surface area contributed by atoms with Crippen molar-refractivity contribution in [2.75, 3.05) is 13.7 Å². The molecule has 1 aromatic rings. The summed E-state index contributed by atoms with van der Waals surface area (Å²) in [5, 5.41) is 7.38. The topological polar surface area (TPSA) is 56.2 Å². The maximum Gasteiger partial charge on any atom is 0.319 e. The molecule has 16 heavy (non-hydrogen) atoms. The summed E-state index contributed by atoms with van der Waals surface area (Å²) in [7, 11) is 1.38. The Hall–Kier alpha value is -1.36. The van der Waals surface area contributed by atoms with E-state index in [9.17, 15) is 4.79 Å². The van der Waals surface area contributed by atoms with Gasteiger partial charge in [0.1, 0.15) is 0 Å². The summed E-state index contributed by atoms with van der Waals surface area (Å²) in [4.78, 5) is 10.9. The lowest BCUT2D eigenvalue weighted by molar-refractivity contribution is -0.139. The van der Waals surface area contributed by atoms with Gasteiger partial charge < -0.3 is 10.1 Å². The second kappa shape index (κ2) is 6.27. The molecule has 0 amide bonds. The Morgan fingerprint density at radius 3 is 3.06 bits per heavy atom. The van der Waals surface area contributed by atoms with Gasteiger partial charge in [0, 0.05) is 18.8 Å². The summed E-state index contributed by atoms with van der Waals surface area (Å²) in [6.07, 6.45) is 3.01. The van der Waals surface area contributed by atoms with E-state index in [4.69, 9.17) is 0 Å². The molecule has 90 valence electrons. The third-order valence-corrected chi connectivity index (χ3v) is 2.51. The average Bonchev–Trinajstić information content (AvgIpc) is 2.76. The second-order valence-electron chi connectivity index (χ2n) is 3.72. The number of nitrogens with zero attached hydrogens (tertiary/aromatic N) is 2. The Bertz CT molecular complexity index is 336. The molecule has 0 aliphatic rings. The van der Waals surface area contributed by atoms with Crippen LogP contribution in [0.1, 0.15) is 32.0 Å². The van der Waals surface area contributed by atoms with E-state index in [1.54, 1.807) is 0 Å². The minimum atomic E-state index is -0.263. The molecule has 1 rings (SSSR count). The maximum atomic E-state index is 10.9. The highest BCUT2D eigenvalue weighted by atomic mass is 16.5. The smallest absolute Gasteiger partial charge is 0.319 e. The van der Waals surface area contributed by atoms with E-state index in [2.05, 4.69) is 29.0 Å². The van der Waals surface area contributed by atoms with Crippen molar-refractivity contribution in [1.29, 1.82) is 0 Å². The molecule has 1 heterocycles. The number of methoxy groups -OCH3 is 1. The first kappa shape index (κ1) is 12.7. The minimum absolute atomic E-state index is 0.215. The molecule has 0 spiro atoms. The van der Waals surface area contributed by atoms with Crippen LogP contribution in [-0.4, -0.2) is 29.4 Å². The highest BCUT2D eigenvalue weighted by Crippen LogP contribution is 2.08. The van der Waals surface area contributed by atoms with Crippen LogP contribution >= 0.6 is 0 Å². The number of carbonyl (C=O) groups excluding carboxylic acids is 1. The van der Waals surface area contributed by atoms with Crippen molar-refractivity contribution < 1.29 is 9.53 Å². The van der Waals surface area contributed by atoms with E-state index in [0.29, 0.717) is 12.6 Å². The van der Waals surface area contributed by atoms with Crippen LogP contribution in [0, 0.1) is 0 Å². The fourth-order valence-electron chi connectivity index (χ4n) is 1.27. The third-order valence-electron chi connectivity index (χ3n) is 2.51. The number of ether oxygens (including phenoxy) is 1. The summed E-state index contributed by atoms with van der Waals surface area (Å²) in [6.45, 7) is 5.05. The van der Waals surface area contributed by atoms with Gasteiger partial charge in [-0.2, -0.15) is 5.10 Å². The van der Waals surface area contributed by atoms with Gasteiger partial charge in [0.25, 0.3) is 0 Å². The van der Waals surface area contributed by atoms with Crippen molar-refractivity contribution in [3.63, 3.8) is 0 Å². The van der Waals surface area contributed by atoms with Crippen LogP contribution in [0.4, 0.5) is 0 Å². The Labute approximate surface area is 95.8 Å². The Balaban J connectivity index is 2.37. The normalized spacial score (nSPS) is 12.4. The molecular formula is C11H19N3O2. The van der Waals surface area contributed by atoms with Crippen LogP contribution in [-0.2, 0) is 16.1 Å². The molecule has 0 aliphatic heterocycles. The number of hydrogen-bond acceptors (Lipinski definition) is 4. The Kier molecular flexibility index (Phi) is 4.98. The molecule has 0 aliphatic carbocycles. The predicted molar refractivity (Wildman–Crippen MR) is 61.0 cm³/mol. The lowest BCUT2D eigenvalue weighted by Gasteiger charge is -2.08. The van der Waals surface area contributed by atoms with Crippen LogP contribution < -0.4 is 5.32 Å². The number of nitrogens with one attached hydrogen (secondary N) is 1. The first-order valence-electron chi connectivity index (χ1n) is 5.49. The molecular weight excluding hydrogens is 206 g/mol. The monoisotopic (exact) mass is 225 g/mol. The van der Waals surface area contributed by atoms with E-state index in [-0.39, 0.29) is 12.5 Å². The highest BCUT2D eigenvalue weighted by Gasteiger charge is 2.05. The molecule has 1 N–H and O–H groups in total. The van der Waals surface area contributed by atoms with Crippen LogP contribution in [0.5, 0.6) is 0 Å². The van der Waals surface area contributed by atoms with E-state index in [1.165, 1.54) is 7.11 Å². The molecule has 5 heteroatoms. The fourth-order valence-corrected chi connectivity index (χ4v) is 1.27. The van der Waals surface area contributed by atoms with Gasteiger partial charge in [-0.25, -0.2) is 0 Å². The van der Waals surface area contributed by atoms with Crippen molar-refractivity contribution in [3.8, 4) is 0 Å². The van der Waals surface area contributed by atoms with E-state index in [1.807, 2.05) is 16.9 Å². The number of carbonyl (C=O) groups is 1. The lowest BCUT2D eigenvalue weighted by atomic mass is 10.3. The molecule has 1 unspecified atom stereocenters.